The maximum atomic E-state index is 14.0. The molecule has 4 aromatic rings. The number of alkyl halides is 3. The first-order valence-corrected chi connectivity index (χ1v) is 14.1. The Morgan fingerprint density at radius 3 is 2.58 bits per heavy atom. The van der Waals surface area contributed by atoms with Crippen molar-refractivity contribution in [2.45, 2.75) is 38.1 Å². The number of ether oxygens (including phenoxy) is 1. The van der Waals surface area contributed by atoms with Crippen LogP contribution in [-0.2, 0) is 19.8 Å². The van der Waals surface area contributed by atoms with Gasteiger partial charge in [-0.1, -0.05) is 16.8 Å². The van der Waals surface area contributed by atoms with E-state index in [1.165, 1.54) is 30.0 Å². The minimum Gasteiger partial charge on any atom is -0.494 e. The van der Waals surface area contributed by atoms with Gasteiger partial charge in [-0.3, -0.25) is 14.4 Å². The van der Waals surface area contributed by atoms with Crippen LogP contribution in [0.15, 0.2) is 42.7 Å². The van der Waals surface area contributed by atoms with Crippen molar-refractivity contribution in [2.24, 2.45) is 7.05 Å². The number of fused-ring (bicyclic) bond motifs is 2. The number of hydrogen-bond acceptors (Lipinski definition) is 7. The van der Waals surface area contributed by atoms with Gasteiger partial charge >= 0.3 is 6.18 Å². The number of carbonyl (C=O) groups excluding carboxylic acids is 1. The first-order chi connectivity index (χ1) is 20.4. The maximum absolute atomic E-state index is 14.0. The quantitative estimate of drug-likeness (QED) is 0.320. The van der Waals surface area contributed by atoms with Crippen molar-refractivity contribution >= 4 is 23.2 Å². The van der Waals surface area contributed by atoms with E-state index in [0.29, 0.717) is 28.0 Å². The second-order valence-corrected chi connectivity index (χ2v) is 11.5. The number of piperazine rings is 1. The number of likely N-dealkylation sites (N-methyl/N-ethyl adjacent to an activating group) is 1. The van der Waals surface area contributed by atoms with E-state index >= 15 is 0 Å². The minimum absolute atomic E-state index is 0.0644. The smallest absolute Gasteiger partial charge is 0.416 e. The highest BCUT2D eigenvalue weighted by atomic mass is 35.5. The van der Waals surface area contributed by atoms with Crippen LogP contribution in [0.2, 0.25) is 5.02 Å². The van der Waals surface area contributed by atoms with Crippen molar-refractivity contribution < 1.29 is 22.7 Å². The topological polar surface area (TPSA) is 93.3 Å². The van der Waals surface area contributed by atoms with Crippen LogP contribution in [-0.4, -0.2) is 79.8 Å². The lowest BCUT2D eigenvalue weighted by atomic mass is 10.0. The van der Waals surface area contributed by atoms with Gasteiger partial charge in [0, 0.05) is 61.1 Å². The fraction of sp³-hybridized carbons (Fsp3) is 0.379. The first kappa shape index (κ1) is 29.1. The molecule has 6 rings (SSSR count). The van der Waals surface area contributed by atoms with Gasteiger partial charge < -0.3 is 15.0 Å². The van der Waals surface area contributed by atoms with Crippen molar-refractivity contribution in [3.63, 3.8) is 0 Å². The fourth-order valence-electron chi connectivity index (χ4n) is 5.94. The van der Waals surface area contributed by atoms with E-state index in [0.717, 1.165) is 42.9 Å². The van der Waals surface area contributed by atoms with Gasteiger partial charge in [0.2, 0.25) is 0 Å². The molecule has 0 spiro atoms. The second-order valence-electron chi connectivity index (χ2n) is 11.1. The highest BCUT2D eigenvalue weighted by molar-refractivity contribution is 6.32. The van der Waals surface area contributed by atoms with Crippen LogP contribution in [0.25, 0.3) is 16.9 Å². The van der Waals surface area contributed by atoms with E-state index < -0.39 is 17.6 Å². The summed E-state index contributed by atoms with van der Waals surface area (Å²) in [7, 11) is 5.27. The highest BCUT2D eigenvalue weighted by Gasteiger charge is 2.42. The van der Waals surface area contributed by atoms with Gasteiger partial charge in [0.25, 0.3) is 5.91 Å². The first-order valence-electron chi connectivity index (χ1n) is 13.7. The summed E-state index contributed by atoms with van der Waals surface area (Å²) in [5.74, 6) is -0.439. The molecule has 2 bridgehead atoms. The Morgan fingerprint density at radius 1 is 1.16 bits per heavy atom. The van der Waals surface area contributed by atoms with Crippen molar-refractivity contribution in [1.82, 2.24) is 34.6 Å². The summed E-state index contributed by atoms with van der Waals surface area (Å²) in [6.07, 6.45) is -0.290. The average molecular weight is 615 g/mol. The zero-order valence-electron chi connectivity index (χ0n) is 24.0. The lowest BCUT2D eigenvalue weighted by molar-refractivity contribution is -0.137. The number of rotatable bonds is 7. The predicted octanol–water partition coefficient (Wildman–Crippen LogP) is 4.80. The number of aryl methyl sites for hydroxylation is 1. The molecule has 2 saturated heterocycles. The average Bonchev–Trinajstić information content (AvgIpc) is 3.74. The lowest BCUT2D eigenvalue weighted by Gasteiger charge is -2.32. The fourth-order valence-corrected chi connectivity index (χ4v) is 6.15. The Bertz CT molecular complexity index is 1700. The van der Waals surface area contributed by atoms with Gasteiger partial charge in [0.1, 0.15) is 11.4 Å². The Balaban J connectivity index is 1.30. The minimum atomic E-state index is -4.62. The molecular weight excluding hydrogens is 585 g/mol. The van der Waals surface area contributed by atoms with E-state index in [2.05, 4.69) is 37.6 Å². The molecule has 2 aliphatic heterocycles. The summed E-state index contributed by atoms with van der Waals surface area (Å²) in [5.41, 5.74) is 2.22. The molecule has 2 atom stereocenters. The summed E-state index contributed by atoms with van der Waals surface area (Å²) in [4.78, 5) is 17.9. The van der Waals surface area contributed by atoms with E-state index in [9.17, 15) is 18.0 Å². The molecule has 0 radical (unpaired) electrons. The third-order valence-corrected chi connectivity index (χ3v) is 8.73. The van der Waals surface area contributed by atoms with Crippen LogP contribution < -0.4 is 10.1 Å². The molecule has 2 aliphatic rings. The summed E-state index contributed by atoms with van der Waals surface area (Å²) >= 11 is 6.45. The van der Waals surface area contributed by atoms with Crippen LogP contribution in [0.1, 0.15) is 33.6 Å². The molecule has 10 nitrogen and oxygen atoms in total. The third kappa shape index (κ3) is 5.48. The number of methoxy groups -OCH3 is 1. The van der Waals surface area contributed by atoms with Gasteiger partial charge in [-0.15, -0.1) is 5.10 Å². The molecule has 4 heterocycles. The number of anilines is 1. The number of nitrogens with one attached hydrogen (secondary N) is 1. The molecule has 2 aromatic heterocycles. The summed E-state index contributed by atoms with van der Waals surface area (Å²) in [6.45, 7) is 3.81. The van der Waals surface area contributed by atoms with Gasteiger partial charge in [0.05, 0.1) is 41.5 Å². The molecule has 1 N–H and O–H groups in total. The van der Waals surface area contributed by atoms with E-state index in [1.54, 1.807) is 17.1 Å². The Labute approximate surface area is 251 Å². The normalized spacial score (nSPS) is 18.9. The van der Waals surface area contributed by atoms with Gasteiger partial charge in [-0.2, -0.15) is 18.3 Å². The largest absolute Gasteiger partial charge is 0.494 e. The van der Waals surface area contributed by atoms with E-state index in [-0.39, 0.29) is 29.6 Å². The highest BCUT2D eigenvalue weighted by Crippen LogP contribution is 2.40. The molecule has 14 heteroatoms. The number of amides is 1. The zero-order valence-corrected chi connectivity index (χ0v) is 24.7. The number of halogens is 4. The van der Waals surface area contributed by atoms with Crippen LogP contribution in [0.5, 0.6) is 5.75 Å². The third-order valence-electron chi connectivity index (χ3n) is 8.41. The van der Waals surface area contributed by atoms with Crippen molar-refractivity contribution in [2.75, 3.05) is 32.6 Å². The maximum Gasteiger partial charge on any atom is 0.416 e. The second kappa shape index (κ2) is 11.0. The Kier molecular flexibility index (Phi) is 7.43. The number of likely N-dealkylation sites (tertiary alicyclic amines) is 2. The molecule has 0 aliphatic carbocycles. The summed E-state index contributed by atoms with van der Waals surface area (Å²) < 4.78 is 50.7. The SMILES string of the molecule is COc1c(CN2CC3CC2CN3C)cc(C(F)(F)F)cc1NC(=O)c1ccc(Cl)c(-n2cc(-c3cnn(C)c3C)nn2)c1. The van der Waals surface area contributed by atoms with E-state index in [4.69, 9.17) is 16.3 Å². The molecule has 43 heavy (non-hydrogen) atoms. The zero-order chi connectivity index (χ0) is 30.6. The molecule has 0 saturated carbocycles. The van der Waals surface area contributed by atoms with Crippen LogP contribution in [0, 0.1) is 6.92 Å². The number of benzene rings is 2. The van der Waals surface area contributed by atoms with Crippen molar-refractivity contribution in [3.05, 3.63) is 70.1 Å². The molecule has 226 valence electrons. The Hall–Kier alpha value is -3.94. The molecule has 2 aromatic carbocycles. The van der Waals surface area contributed by atoms with Crippen molar-refractivity contribution in [3.8, 4) is 22.7 Å². The van der Waals surface area contributed by atoms with Crippen molar-refractivity contribution in [1.29, 1.82) is 0 Å². The van der Waals surface area contributed by atoms with Gasteiger partial charge in [0.15, 0.2) is 0 Å². The number of nitrogens with zero attached hydrogens (tertiary/aromatic N) is 7. The van der Waals surface area contributed by atoms with Crippen LogP contribution >= 0.6 is 11.6 Å². The predicted molar refractivity (Wildman–Crippen MR) is 154 cm³/mol. The molecule has 1 amide bonds. The number of hydrogen-bond donors (Lipinski definition) is 1. The summed E-state index contributed by atoms with van der Waals surface area (Å²) in [5, 5.41) is 15.6. The number of aromatic nitrogens is 5. The molecule has 2 fully saturated rings. The monoisotopic (exact) mass is 614 g/mol. The number of carbonyl (C=O) groups is 1. The van der Waals surface area contributed by atoms with Crippen LogP contribution in [0.4, 0.5) is 18.9 Å². The lowest BCUT2D eigenvalue weighted by Crippen LogP contribution is -2.44. The standard InChI is InChI=1S/C29H30ClF3N8O2/c1-16-22(11-34-39(16)3)25-15-41(37-36-25)26-8-17(5-6-23(26)30)28(42)35-24-9-19(29(31,32)33)7-18(27(24)43-4)12-40-14-20-10-21(40)13-38(20)2/h5-9,11,15,20-21H,10,12-14H2,1-4H3,(H,35,42). The van der Waals surface area contributed by atoms with Gasteiger partial charge in [-0.05, 0) is 50.7 Å². The molecular formula is C29H30ClF3N8O2. The van der Waals surface area contributed by atoms with Gasteiger partial charge in [-0.25, -0.2) is 4.68 Å². The van der Waals surface area contributed by atoms with Crippen LogP contribution in [0.3, 0.4) is 0 Å². The Morgan fingerprint density at radius 2 is 1.95 bits per heavy atom. The summed E-state index contributed by atoms with van der Waals surface area (Å²) in [6, 6.07) is 7.18. The van der Waals surface area contributed by atoms with E-state index in [1.807, 2.05) is 14.0 Å². The molecule has 2 unspecified atom stereocenters.